The molecule has 16 heavy (non-hydrogen) atoms. The zero-order valence-corrected chi connectivity index (χ0v) is 9.94. The molecule has 2 N–H and O–H groups in total. The summed E-state index contributed by atoms with van der Waals surface area (Å²) in [6, 6.07) is 3.94. The monoisotopic (exact) mass is 221 g/mol. The van der Waals surface area contributed by atoms with Crippen LogP contribution in [0.2, 0.25) is 0 Å². The first-order valence-corrected chi connectivity index (χ1v) is 5.65. The Morgan fingerprint density at radius 1 is 1.56 bits per heavy atom. The first-order chi connectivity index (χ1) is 7.64. The summed E-state index contributed by atoms with van der Waals surface area (Å²) < 4.78 is 5.57. The Morgan fingerprint density at radius 2 is 2.38 bits per heavy atom. The molecule has 1 aromatic heterocycles. The fraction of sp³-hybridized carbons (Fsp3) is 0.583. The molecule has 2 rings (SSSR count). The minimum Gasteiger partial charge on any atom is -0.382 e. The second kappa shape index (κ2) is 4.29. The molecule has 1 unspecified atom stereocenters. The summed E-state index contributed by atoms with van der Waals surface area (Å²) in [7, 11) is 1.77. The van der Waals surface area contributed by atoms with Gasteiger partial charge in [0.15, 0.2) is 0 Å². The summed E-state index contributed by atoms with van der Waals surface area (Å²) in [5, 5.41) is 0. The van der Waals surface area contributed by atoms with Crippen molar-refractivity contribution in [1.82, 2.24) is 4.98 Å². The third kappa shape index (κ3) is 2.11. The van der Waals surface area contributed by atoms with Crippen molar-refractivity contribution < 1.29 is 4.74 Å². The maximum atomic E-state index is 5.89. The standard InChI is InChI=1S/C12H19N3O/c1-12(16-2)6-4-8-15(9-12)10-5-3-7-14-11(10)13/h3,5,7H,4,6,8-9H2,1-2H3,(H2,13,14). The number of nitrogens with zero attached hydrogens (tertiary/aromatic N) is 2. The van der Waals surface area contributed by atoms with Gasteiger partial charge in [0.2, 0.25) is 0 Å². The van der Waals surface area contributed by atoms with Gasteiger partial charge >= 0.3 is 0 Å². The van der Waals surface area contributed by atoms with Gasteiger partial charge in [-0.15, -0.1) is 0 Å². The molecule has 1 aliphatic rings. The van der Waals surface area contributed by atoms with Crippen molar-refractivity contribution >= 4 is 11.5 Å². The van der Waals surface area contributed by atoms with Crippen molar-refractivity contribution in [2.24, 2.45) is 0 Å². The first-order valence-electron chi connectivity index (χ1n) is 5.65. The zero-order chi connectivity index (χ0) is 11.6. The van der Waals surface area contributed by atoms with Crippen LogP contribution in [0.25, 0.3) is 0 Å². The van der Waals surface area contributed by atoms with Crippen LogP contribution in [0.1, 0.15) is 19.8 Å². The van der Waals surface area contributed by atoms with E-state index in [0.29, 0.717) is 5.82 Å². The molecular formula is C12H19N3O. The van der Waals surface area contributed by atoms with E-state index in [0.717, 1.165) is 31.6 Å². The Morgan fingerprint density at radius 3 is 3.06 bits per heavy atom. The van der Waals surface area contributed by atoms with Gasteiger partial charge in [-0.25, -0.2) is 4.98 Å². The Balaban J connectivity index is 2.19. The molecule has 2 heterocycles. The van der Waals surface area contributed by atoms with Crippen LogP contribution in [0.4, 0.5) is 11.5 Å². The van der Waals surface area contributed by atoms with Crippen molar-refractivity contribution in [3.63, 3.8) is 0 Å². The SMILES string of the molecule is COC1(C)CCCN(c2cccnc2N)C1. The molecule has 0 aromatic carbocycles. The van der Waals surface area contributed by atoms with Crippen LogP contribution in [-0.2, 0) is 4.74 Å². The van der Waals surface area contributed by atoms with Gasteiger partial charge in [-0.2, -0.15) is 0 Å². The van der Waals surface area contributed by atoms with E-state index in [1.54, 1.807) is 13.3 Å². The molecule has 1 saturated heterocycles. The lowest BCUT2D eigenvalue weighted by Gasteiger charge is -2.40. The van der Waals surface area contributed by atoms with Gasteiger partial charge in [0.25, 0.3) is 0 Å². The normalized spacial score (nSPS) is 25.8. The van der Waals surface area contributed by atoms with E-state index in [4.69, 9.17) is 10.5 Å². The van der Waals surface area contributed by atoms with Crippen LogP contribution in [0.5, 0.6) is 0 Å². The number of rotatable bonds is 2. The number of ether oxygens (including phenoxy) is 1. The number of nitrogen functional groups attached to an aromatic ring is 1. The molecule has 0 radical (unpaired) electrons. The minimum absolute atomic E-state index is 0.0689. The van der Waals surface area contributed by atoms with Gasteiger partial charge in [0, 0.05) is 26.4 Å². The number of piperidine rings is 1. The van der Waals surface area contributed by atoms with Crippen LogP contribution in [0.15, 0.2) is 18.3 Å². The third-order valence-corrected chi connectivity index (χ3v) is 3.31. The largest absolute Gasteiger partial charge is 0.382 e. The van der Waals surface area contributed by atoms with Crippen molar-refractivity contribution in [1.29, 1.82) is 0 Å². The van der Waals surface area contributed by atoms with E-state index in [-0.39, 0.29) is 5.60 Å². The van der Waals surface area contributed by atoms with Crippen molar-refractivity contribution in [3.8, 4) is 0 Å². The van der Waals surface area contributed by atoms with Crippen molar-refractivity contribution in [2.45, 2.75) is 25.4 Å². The maximum absolute atomic E-state index is 5.89. The second-order valence-corrected chi connectivity index (χ2v) is 4.59. The smallest absolute Gasteiger partial charge is 0.146 e. The highest BCUT2D eigenvalue weighted by Gasteiger charge is 2.31. The van der Waals surface area contributed by atoms with Crippen LogP contribution in [0.3, 0.4) is 0 Å². The summed E-state index contributed by atoms with van der Waals surface area (Å²) in [6.07, 6.45) is 3.94. The molecule has 1 atom stereocenters. The number of hydrogen-bond donors (Lipinski definition) is 1. The summed E-state index contributed by atoms with van der Waals surface area (Å²) >= 11 is 0. The van der Waals surface area contributed by atoms with Gasteiger partial charge in [0.1, 0.15) is 5.82 Å². The van der Waals surface area contributed by atoms with Crippen molar-refractivity contribution in [3.05, 3.63) is 18.3 Å². The average Bonchev–Trinajstić information content (AvgIpc) is 2.30. The van der Waals surface area contributed by atoms with Crippen molar-refractivity contribution in [2.75, 3.05) is 30.8 Å². The number of nitrogens with two attached hydrogens (primary N) is 1. The number of anilines is 2. The lowest BCUT2D eigenvalue weighted by Crippen LogP contribution is -2.47. The lowest BCUT2D eigenvalue weighted by molar-refractivity contribution is -0.00463. The summed E-state index contributed by atoms with van der Waals surface area (Å²) in [5.41, 5.74) is 6.84. The fourth-order valence-electron chi connectivity index (χ4n) is 2.25. The highest BCUT2D eigenvalue weighted by molar-refractivity contribution is 5.63. The van der Waals surface area contributed by atoms with E-state index in [1.807, 2.05) is 12.1 Å². The van der Waals surface area contributed by atoms with Gasteiger partial charge in [-0.05, 0) is 31.9 Å². The minimum atomic E-state index is -0.0689. The maximum Gasteiger partial charge on any atom is 0.146 e. The van der Waals surface area contributed by atoms with E-state index in [9.17, 15) is 0 Å². The Bertz CT molecular complexity index is 369. The molecule has 88 valence electrons. The van der Waals surface area contributed by atoms with Crippen LogP contribution >= 0.6 is 0 Å². The molecule has 0 bridgehead atoms. The topological polar surface area (TPSA) is 51.4 Å². The number of pyridine rings is 1. The Labute approximate surface area is 96.4 Å². The Kier molecular flexibility index (Phi) is 3.01. The fourth-order valence-corrected chi connectivity index (χ4v) is 2.25. The summed E-state index contributed by atoms with van der Waals surface area (Å²) in [5.74, 6) is 0.600. The molecule has 0 aliphatic carbocycles. The highest BCUT2D eigenvalue weighted by atomic mass is 16.5. The predicted octanol–water partition coefficient (Wildman–Crippen LogP) is 1.67. The molecule has 1 aromatic rings. The van der Waals surface area contributed by atoms with Crippen LogP contribution < -0.4 is 10.6 Å². The highest BCUT2D eigenvalue weighted by Crippen LogP contribution is 2.29. The molecule has 4 nitrogen and oxygen atoms in total. The molecule has 0 amide bonds. The Hall–Kier alpha value is -1.29. The summed E-state index contributed by atoms with van der Waals surface area (Å²) in [4.78, 5) is 6.38. The molecule has 0 spiro atoms. The molecular weight excluding hydrogens is 202 g/mol. The van der Waals surface area contributed by atoms with E-state index in [1.165, 1.54) is 0 Å². The lowest BCUT2D eigenvalue weighted by atomic mass is 9.94. The predicted molar refractivity (Wildman–Crippen MR) is 65.5 cm³/mol. The number of aromatic nitrogens is 1. The quantitative estimate of drug-likeness (QED) is 0.825. The molecule has 1 aliphatic heterocycles. The van der Waals surface area contributed by atoms with Gasteiger partial charge in [-0.1, -0.05) is 0 Å². The molecule has 0 saturated carbocycles. The number of hydrogen-bond acceptors (Lipinski definition) is 4. The summed E-state index contributed by atoms with van der Waals surface area (Å²) in [6.45, 7) is 4.04. The molecule has 4 heteroatoms. The first kappa shape index (κ1) is 11.2. The van der Waals surface area contributed by atoms with E-state index in [2.05, 4.69) is 16.8 Å². The van der Waals surface area contributed by atoms with Gasteiger partial charge in [0.05, 0.1) is 11.3 Å². The van der Waals surface area contributed by atoms with E-state index >= 15 is 0 Å². The molecule has 1 fully saturated rings. The third-order valence-electron chi connectivity index (χ3n) is 3.31. The van der Waals surface area contributed by atoms with Crippen LogP contribution in [-0.4, -0.2) is 30.8 Å². The van der Waals surface area contributed by atoms with Gasteiger partial charge in [-0.3, -0.25) is 0 Å². The zero-order valence-electron chi connectivity index (χ0n) is 9.94. The average molecular weight is 221 g/mol. The van der Waals surface area contributed by atoms with Crippen LogP contribution in [0, 0.1) is 0 Å². The second-order valence-electron chi connectivity index (χ2n) is 4.59. The van der Waals surface area contributed by atoms with Gasteiger partial charge < -0.3 is 15.4 Å². The van der Waals surface area contributed by atoms with E-state index < -0.39 is 0 Å². The number of methoxy groups -OCH3 is 1.